The molecule has 0 bridgehead atoms. The summed E-state index contributed by atoms with van der Waals surface area (Å²) in [7, 11) is 0. The van der Waals surface area contributed by atoms with E-state index in [1.54, 1.807) is 6.07 Å². The SMILES string of the molecule is CCc1ccccc1C(=O)Nc1ccccc1C#CCO. The van der Waals surface area contributed by atoms with Crippen molar-refractivity contribution < 1.29 is 9.90 Å². The van der Waals surface area contributed by atoms with Crippen LogP contribution in [0.5, 0.6) is 0 Å². The van der Waals surface area contributed by atoms with Crippen LogP contribution in [-0.4, -0.2) is 17.6 Å². The summed E-state index contributed by atoms with van der Waals surface area (Å²) >= 11 is 0. The first-order chi connectivity index (χ1) is 10.3. The Kier molecular flexibility index (Phi) is 5.14. The van der Waals surface area contributed by atoms with Crippen molar-refractivity contribution in [3.05, 3.63) is 65.2 Å². The molecule has 2 aromatic rings. The van der Waals surface area contributed by atoms with Crippen LogP contribution in [0.2, 0.25) is 0 Å². The number of hydrogen-bond acceptors (Lipinski definition) is 2. The van der Waals surface area contributed by atoms with Crippen LogP contribution in [-0.2, 0) is 6.42 Å². The predicted molar refractivity (Wildman–Crippen MR) is 84.2 cm³/mol. The highest BCUT2D eigenvalue weighted by Crippen LogP contribution is 2.17. The van der Waals surface area contributed by atoms with Gasteiger partial charge in [-0.05, 0) is 30.2 Å². The monoisotopic (exact) mass is 279 g/mol. The summed E-state index contributed by atoms with van der Waals surface area (Å²) < 4.78 is 0. The highest BCUT2D eigenvalue weighted by atomic mass is 16.2. The number of anilines is 1. The summed E-state index contributed by atoms with van der Waals surface area (Å²) in [5.74, 6) is 5.28. The highest BCUT2D eigenvalue weighted by Gasteiger charge is 2.11. The van der Waals surface area contributed by atoms with E-state index in [-0.39, 0.29) is 12.5 Å². The summed E-state index contributed by atoms with van der Waals surface area (Å²) in [5, 5.41) is 11.7. The molecule has 0 aromatic heterocycles. The van der Waals surface area contributed by atoms with Gasteiger partial charge in [0.15, 0.2) is 0 Å². The van der Waals surface area contributed by atoms with Crippen molar-refractivity contribution in [1.29, 1.82) is 0 Å². The maximum atomic E-state index is 12.4. The van der Waals surface area contributed by atoms with E-state index in [2.05, 4.69) is 17.2 Å². The van der Waals surface area contributed by atoms with Gasteiger partial charge in [0.2, 0.25) is 0 Å². The lowest BCUT2D eigenvalue weighted by molar-refractivity contribution is 0.102. The Morgan fingerprint density at radius 2 is 1.86 bits per heavy atom. The number of aliphatic hydroxyl groups excluding tert-OH is 1. The van der Waals surface area contributed by atoms with E-state index in [1.807, 2.05) is 49.4 Å². The third-order valence-electron chi connectivity index (χ3n) is 3.12. The second-order valence-electron chi connectivity index (χ2n) is 4.47. The van der Waals surface area contributed by atoms with Crippen LogP contribution in [0.4, 0.5) is 5.69 Å². The molecule has 1 amide bonds. The molecule has 0 saturated heterocycles. The number of amides is 1. The second-order valence-corrected chi connectivity index (χ2v) is 4.47. The van der Waals surface area contributed by atoms with E-state index in [1.165, 1.54) is 0 Å². The third kappa shape index (κ3) is 3.71. The van der Waals surface area contributed by atoms with Crippen LogP contribution in [0.3, 0.4) is 0 Å². The average Bonchev–Trinajstić information content (AvgIpc) is 2.54. The fourth-order valence-electron chi connectivity index (χ4n) is 2.08. The normalized spacial score (nSPS) is 9.62. The lowest BCUT2D eigenvalue weighted by Gasteiger charge is -2.10. The number of hydrogen-bond donors (Lipinski definition) is 2. The van der Waals surface area contributed by atoms with E-state index >= 15 is 0 Å². The number of rotatable bonds is 3. The van der Waals surface area contributed by atoms with Gasteiger partial charge in [-0.1, -0.05) is 49.1 Å². The zero-order chi connectivity index (χ0) is 15.1. The van der Waals surface area contributed by atoms with Gasteiger partial charge in [-0.2, -0.15) is 0 Å². The van der Waals surface area contributed by atoms with Crippen LogP contribution >= 0.6 is 0 Å². The number of nitrogens with one attached hydrogen (secondary N) is 1. The summed E-state index contributed by atoms with van der Waals surface area (Å²) in [6.07, 6.45) is 0.801. The predicted octanol–water partition coefficient (Wildman–Crippen LogP) is 2.85. The van der Waals surface area contributed by atoms with E-state index in [4.69, 9.17) is 5.11 Å². The zero-order valence-electron chi connectivity index (χ0n) is 11.9. The number of para-hydroxylation sites is 1. The Balaban J connectivity index is 2.28. The van der Waals surface area contributed by atoms with Gasteiger partial charge < -0.3 is 10.4 Å². The molecule has 2 rings (SSSR count). The molecule has 3 heteroatoms. The quantitative estimate of drug-likeness (QED) is 0.849. The van der Waals surface area contributed by atoms with Crippen molar-refractivity contribution in [3.63, 3.8) is 0 Å². The minimum atomic E-state index is -0.207. The van der Waals surface area contributed by atoms with Crippen molar-refractivity contribution in [2.24, 2.45) is 0 Å². The van der Waals surface area contributed by atoms with Gasteiger partial charge in [0.25, 0.3) is 5.91 Å². The maximum Gasteiger partial charge on any atom is 0.255 e. The minimum Gasteiger partial charge on any atom is -0.384 e. The van der Waals surface area contributed by atoms with Gasteiger partial charge in [-0.3, -0.25) is 4.79 Å². The van der Waals surface area contributed by atoms with Gasteiger partial charge in [-0.15, -0.1) is 0 Å². The molecule has 106 valence electrons. The fourth-order valence-corrected chi connectivity index (χ4v) is 2.08. The summed E-state index contributed by atoms with van der Waals surface area (Å²) in [6, 6.07) is 14.8. The Hall–Kier alpha value is -2.57. The van der Waals surface area contributed by atoms with Crippen LogP contribution in [0.25, 0.3) is 0 Å². The summed E-state index contributed by atoms with van der Waals surface area (Å²) in [5.41, 5.74) is 3.02. The molecule has 0 aliphatic heterocycles. The minimum absolute atomic E-state index is 0.148. The molecular weight excluding hydrogens is 262 g/mol. The Morgan fingerprint density at radius 3 is 2.62 bits per heavy atom. The first kappa shape index (κ1) is 14.8. The highest BCUT2D eigenvalue weighted by molar-refractivity contribution is 6.05. The van der Waals surface area contributed by atoms with Gasteiger partial charge >= 0.3 is 0 Å². The first-order valence-electron chi connectivity index (χ1n) is 6.84. The second kappa shape index (κ2) is 7.28. The molecule has 0 fully saturated rings. The van der Waals surface area contributed by atoms with Crippen molar-refractivity contribution in [3.8, 4) is 11.8 Å². The lowest BCUT2D eigenvalue weighted by atomic mass is 10.0. The largest absolute Gasteiger partial charge is 0.384 e. The Labute approximate surface area is 124 Å². The van der Waals surface area contributed by atoms with Crippen LogP contribution in [0.1, 0.15) is 28.4 Å². The number of aliphatic hydroxyl groups is 1. The molecule has 0 heterocycles. The summed E-state index contributed by atoms with van der Waals surface area (Å²) in [4.78, 5) is 12.4. The van der Waals surface area contributed by atoms with E-state index in [9.17, 15) is 4.79 Å². The van der Waals surface area contributed by atoms with Crippen LogP contribution in [0.15, 0.2) is 48.5 Å². The molecule has 0 saturated carbocycles. The van der Waals surface area contributed by atoms with Crippen molar-refractivity contribution in [2.75, 3.05) is 11.9 Å². The van der Waals surface area contributed by atoms with Crippen LogP contribution in [0, 0.1) is 11.8 Å². The van der Waals surface area contributed by atoms with Gasteiger partial charge in [0.05, 0.1) is 5.69 Å². The third-order valence-corrected chi connectivity index (χ3v) is 3.12. The smallest absolute Gasteiger partial charge is 0.255 e. The van der Waals surface area contributed by atoms with E-state index in [0.717, 1.165) is 12.0 Å². The Bertz CT molecular complexity index is 696. The molecular formula is C18H17NO2. The lowest BCUT2D eigenvalue weighted by Crippen LogP contribution is -2.14. The summed E-state index contributed by atoms with van der Waals surface area (Å²) in [6.45, 7) is 1.81. The van der Waals surface area contributed by atoms with Gasteiger partial charge in [-0.25, -0.2) is 0 Å². The number of aryl methyl sites for hydroxylation is 1. The molecule has 2 aromatic carbocycles. The van der Waals surface area contributed by atoms with E-state index in [0.29, 0.717) is 16.8 Å². The van der Waals surface area contributed by atoms with Gasteiger partial charge in [0, 0.05) is 11.1 Å². The molecule has 0 radical (unpaired) electrons. The maximum absolute atomic E-state index is 12.4. The zero-order valence-corrected chi connectivity index (χ0v) is 11.9. The van der Waals surface area contributed by atoms with Crippen molar-refractivity contribution >= 4 is 11.6 Å². The molecule has 0 atom stereocenters. The van der Waals surface area contributed by atoms with Gasteiger partial charge in [0.1, 0.15) is 6.61 Å². The van der Waals surface area contributed by atoms with Crippen molar-refractivity contribution in [2.45, 2.75) is 13.3 Å². The number of benzene rings is 2. The van der Waals surface area contributed by atoms with E-state index < -0.39 is 0 Å². The molecule has 21 heavy (non-hydrogen) atoms. The molecule has 2 N–H and O–H groups in total. The first-order valence-corrected chi connectivity index (χ1v) is 6.84. The van der Waals surface area contributed by atoms with Crippen molar-refractivity contribution in [1.82, 2.24) is 0 Å². The topological polar surface area (TPSA) is 49.3 Å². The number of carbonyl (C=O) groups is 1. The molecule has 3 nitrogen and oxygen atoms in total. The number of carbonyl (C=O) groups excluding carboxylic acids is 1. The molecule has 0 spiro atoms. The Morgan fingerprint density at radius 1 is 1.14 bits per heavy atom. The van der Waals surface area contributed by atoms with Crippen LogP contribution < -0.4 is 5.32 Å². The molecule has 0 aliphatic rings. The average molecular weight is 279 g/mol. The standard InChI is InChI=1S/C18H17NO2/c1-2-14-8-3-5-11-16(14)18(21)19-17-12-6-4-9-15(17)10-7-13-20/h3-6,8-9,11-12,20H,2,13H2,1H3,(H,19,21). The molecule has 0 aliphatic carbocycles. The fraction of sp³-hybridized carbons (Fsp3) is 0.167. The molecule has 0 unspecified atom stereocenters.